The number of alkyl halides is 6. The fourth-order valence-corrected chi connectivity index (χ4v) is 4.66. The first-order valence-corrected chi connectivity index (χ1v) is 8.32. The molecule has 1 unspecified atom stereocenters. The number of nitrogens with zero attached hydrogens (tertiary/aromatic N) is 1. The maximum absolute atomic E-state index is 13.4. The Labute approximate surface area is 123 Å². The zero-order valence-electron chi connectivity index (χ0n) is 12.0. The van der Waals surface area contributed by atoms with Crippen molar-refractivity contribution in [2.45, 2.75) is 37.9 Å². The van der Waals surface area contributed by atoms with Gasteiger partial charge in [-0.3, -0.25) is 9.99 Å². The molecule has 2 N–H and O–H groups in total. The van der Waals surface area contributed by atoms with Gasteiger partial charge in [-0.25, -0.2) is 4.79 Å². The van der Waals surface area contributed by atoms with Crippen LogP contribution in [0.25, 0.3) is 0 Å². The zero-order chi connectivity index (χ0) is 18.0. The molecule has 1 amide bonds. The summed E-state index contributed by atoms with van der Waals surface area (Å²) in [5.41, 5.74) is 0. The van der Waals surface area contributed by atoms with Crippen molar-refractivity contribution in [1.29, 1.82) is 0 Å². The molecule has 12 heteroatoms. The zero-order valence-corrected chi connectivity index (χ0v) is 12.9. The number of hydrogen-bond acceptors (Lipinski definition) is 2. The number of hydrogen-bond donors (Lipinski definition) is 2. The van der Waals surface area contributed by atoms with Gasteiger partial charge in [0.1, 0.15) is 0 Å². The maximum Gasteiger partial charge on any atom is 0.429 e. The van der Waals surface area contributed by atoms with E-state index in [4.69, 9.17) is 5.11 Å². The molecular formula is C10H17F6N2O3P. The Morgan fingerprint density at radius 2 is 1.55 bits per heavy atom. The van der Waals surface area contributed by atoms with E-state index in [9.17, 15) is 35.7 Å². The Hall–Kier alpha value is -0.960. The molecule has 0 aromatic carbocycles. The van der Waals surface area contributed by atoms with Crippen LogP contribution in [0.2, 0.25) is 0 Å². The summed E-state index contributed by atoms with van der Waals surface area (Å²) in [6.45, 7) is 0.985. The van der Waals surface area contributed by atoms with Crippen LogP contribution in [0.5, 0.6) is 0 Å². The minimum Gasteiger partial charge on any atom is -0.465 e. The second-order valence-electron chi connectivity index (χ2n) is 4.53. The summed E-state index contributed by atoms with van der Waals surface area (Å²) in [6, 6.07) is 0. The quantitative estimate of drug-likeness (QED) is 0.561. The number of nitrogens with one attached hydrogen (secondary N) is 1. The molecule has 0 spiro atoms. The normalized spacial score (nSPS) is 16.2. The van der Waals surface area contributed by atoms with E-state index in [0.717, 1.165) is 6.92 Å². The summed E-state index contributed by atoms with van der Waals surface area (Å²) in [5, 5.41) is 5.53. The van der Waals surface area contributed by atoms with Crippen LogP contribution < -0.4 is 5.09 Å². The Morgan fingerprint density at radius 1 is 1.14 bits per heavy atom. The van der Waals surface area contributed by atoms with Crippen molar-refractivity contribution in [2.75, 3.05) is 19.8 Å². The van der Waals surface area contributed by atoms with E-state index in [1.54, 1.807) is 5.09 Å². The highest BCUT2D eigenvalue weighted by Gasteiger charge is 2.82. The highest BCUT2D eigenvalue weighted by molar-refractivity contribution is 7.62. The highest BCUT2D eigenvalue weighted by Crippen LogP contribution is 2.67. The first-order chi connectivity index (χ1) is 9.70. The standard InChI is InChI=1S/C10H17F6N2O3P/c1-4-6-17-22(3,21)8(9(11,12)13,10(14,15)16)18(5-2)7(19)20/h4-6H2,1-3H3,(H,17,21)(H,19,20). The van der Waals surface area contributed by atoms with Crippen molar-refractivity contribution in [1.82, 2.24) is 9.99 Å². The van der Waals surface area contributed by atoms with Crippen molar-refractivity contribution in [3.63, 3.8) is 0 Å². The smallest absolute Gasteiger partial charge is 0.429 e. The van der Waals surface area contributed by atoms with E-state index in [1.165, 1.54) is 6.92 Å². The predicted molar refractivity (Wildman–Crippen MR) is 67.1 cm³/mol. The summed E-state index contributed by atoms with van der Waals surface area (Å²) in [7, 11) is -5.27. The molecule has 1 atom stereocenters. The molecule has 22 heavy (non-hydrogen) atoms. The molecule has 0 radical (unpaired) electrons. The van der Waals surface area contributed by atoms with Crippen LogP contribution in [0.1, 0.15) is 20.3 Å². The van der Waals surface area contributed by atoms with E-state index in [0.29, 0.717) is 0 Å². The average molecular weight is 358 g/mol. The molecule has 0 aromatic rings. The number of amides is 1. The van der Waals surface area contributed by atoms with Gasteiger partial charge in [0.2, 0.25) is 0 Å². The van der Waals surface area contributed by atoms with Gasteiger partial charge < -0.3 is 9.67 Å². The van der Waals surface area contributed by atoms with E-state index >= 15 is 0 Å². The van der Waals surface area contributed by atoms with Crippen LogP contribution in [-0.4, -0.2) is 53.5 Å². The van der Waals surface area contributed by atoms with Crippen molar-refractivity contribution in [3.8, 4) is 0 Å². The van der Waals surface area contributed by atoms with Gasteiger partial charge >= 0.3 is 23.7 Å². The van der Waals surface area contributed by atoms with Gasteiger partial charge in [0, 0.05) is 19.8 Å². The van der Waals surface area contributed by atoms with Crippen LogP contribution >= 0.6 is 7.29 Å². The molecule has 0 aliphatic heterocycles. The van der Waals surface area contributed by atoms with Crippen molar-refractivity contribution >= 4 is 13.4 Å². The molecule has 132 valence electrons. The molecule has 0 rings (SSSR count). The van der Waals surface area contributed by atoms with Crippen LogP contribution in [0.4, 0.5) is 31.1 Å². The Bertz CT molecular complexity index is 437. The fourth-order valence-electron chi connectivity index (χ4n) is 2.12. The Kier molecular flexibility index (Phi) is 6.36. The molecule has 0 saturated heterocycles. The summed E-state index contributed by atoms with van der Waals surface area (Å²) >= 11 is 0. The van der Waals surface area contributed by atoms with Gasteiger partial charge in [0.15, 0.2) is 7.29 Å². The van der Waals surface area contributed by atoms with Gasteiger partial charge in [-0.15, -0.1) is 0 Å². The second kappa shape index (κ2) is 6.66. The molecule has 0 heterocycles. The largest absolute Gasteiger partial charge is 0.465 e. The molecule has 0 aliphatic carbocycles. The summed E-state index contributed by atoms with van der Waals surface area (Å²) in [6.07, 6.45) is -14.6. The van der Waals surface area contributed by atoms with Crippen molar-refractivity contribution in [3.05, 3.63) is 0 Å². The number of rotatable bonds is 6. The predicted octanol–water partition coefficient (Wildman–Crippen LogP) is 3.71. The first-order valence-electron chi connectivity index (χ1n) is 6.17. The van der Waals surface area contributed by atoms with Gasteiger partial charge in [-0.1, -0.05) is 6.92 Å². The lowest BCUT2D eigenvalue weighted by atomic mass is 10.2. The molecule has 0 aromatic heterocycles. The Balaban J connectivity index is 6.62. The monoisotopic (exact) mass is 358 g/mol. The summed E-state index contributed by atoms with van der Waals surface area (Å²) < 4.78 is 92.5. The first kappa shape index (κ1) is 21.0. The molecule has 0 bridgehead atoms. The van der Waals surface area contributed by atoms with Gasteiger partial charge in [0.25, 0.3) is 0 Å². The summed E-state index contributed by atoms with van der Waals surface area (Å²) in [5.74, 6) is 0. The lowest BCUT2D eigenvalue weighted by molar-refractivity contribution is -0.301. The SMILES string of the molecule is CCCNP(C)(=O)C(N(CC)C(=O)O)(C(F)(F)F)C(F)(F)F. The van der Waals surface area contributed by atoms with Gasteiger partial charge in [-0.05, 0) is 13.3 Å². The minimum absolute atomic E-state index is 0.114. The van der Waals surface area contributed by atoms with Crippen LogP contribution in [0, 0.1) is 0 Å². The lowest BCUT2D eigenvalue weighted by Crippen LogP contribution is -2.69. The van der Waals surface area contributed by atoms with E-state index in [1.807, 2.05) is 0 Å². The van der Waals surface area contributed by atoms with Gasteiger partial charge in [0.05, 0.1) is 0 Å². The molecule has 0 aliphatic rings. The maximum atomic E-state index is 13.4. The molecule has 5 nitrogen and oxygen atoms in total. The van der Waals surface area contributed by atoms with Gasteiger partial charge in [-0.2, -0.15) is 26.3 Å². The average Bonchev–Trinajstić information content (AvgIpc) is 2.28. The summed E-state index contributed by atoms with van der Waals surface area (Å²) in [4.78, 5) is 10.1. The van der Waals surface area contributed by atoms with Crippen LogP contribution in [-0.2, 0) is 4.57 Å². The second-order valence-corrected chi connectivity index (χ2v) is 7.34. The fraction of sp³-hybridized carbons (Fsp3) is 0.900. The van der Waals surface area contributed by atoms with Crippen molar-refractivity contribution < 1.29 is 40.8 Å². The van der Waals surface area contributed by atoms with Crippen LogP contribution in [0.15, 0.2) is 0 Å². The number of carboxylic acid groups (broad SMARTS) is 1. The Morgan fingerprint density at radius 3 is 1.77 bits per heavy atom. The van der Waals surface area contributed by atoms with Crippen molar-refractivity contribution in [2.24, 2.45) is 0 Å². The topological polar surface area (TPSA) is 69.6 Å². The van der Waals surface area contributed by atoms with Crippen LogP contribution in [0.3, 0.4) is 0 Å². The molecular weight excluding hydrogens is 341 g/mol. The highest BCUT2D eigenvalue weighted by atomic mass is 31.2. The third-order valence-corrected chi connectivity index (χ3v) is 5.82. The third kappa shape index (κ3) is 3.34. The minimum atomic E-state index is -6.12. The number of carbonyl (C=O) groups is 1. The number of halogens is 6. The third-order valence-electron chi connectivity index (χ3n) is 3.01. The van der Waals surface area contributed by atoms with E-state index in [2.05, 4.69) is 0 Å². The molecule has 0 fully saturated rings. The molecule has 0 saturated carbocycles. The van der Waals surface area contributed by atoms with E-state index in [-0.39, 0.29) is 13.1 Å². The van der Waals surface area contributed by atoms with E-state index < -0.39 is 49.0 Å². The lowest BCUT2D eigenvalue weighted by Gasteiger charge is -2.46.